The molecular weight excluding hydrogens is 316 g/mol. The molecule has 7 nitrogen and oxygen atoms in total. The highest BCUT2D eigenvalue weighted by molar-refractivity contribution is 5.94. The first-order chi connectivity index (χ1) is 12.2. The van der Waals surface area contributed by atoms with Crippen molar-refractivity contribution >= 4 is 5.91 Å². The number of likely N-dealkylation sites (tertiary alicyclic amines) is 1. The molecule has 1 saturated heterocycles. The first-order valence-corrected chi connectivity index (χ1v) is 8.47. The van der Waals surface area contributed by atoms with Crippen LogP contribution in [0.3, 0.4) is 0 Å². The van der Waals surface area contributed by atoms with Crippen LogP contribution in [0.4, 0.5) is 0 Å². The summed E-state index contributed by atoms with van der Waals surface area (Å²) in [4.78, 5) is 23.4. The lowest BCUT2D eigenvalue weighted by molar-refractivity contribution is 0.0678. The van der Waals surface area contributed by atoms with Crippen LogP contribution in [-0.2, 0) is 0 Å². The second-order valence-corrected chi connectivity index (χ2v) is 6.28. The van der Waals surface area contributed by atoms with E-state index >= 15 is 0 Å². The topological polar surface area (TPSA) is 68.8 Å². The molecule has 3 aromatic rings. The van der Waals surface area contributed by atoms with Gasteiger partial charge in [0.2, 0.25) is 0 Å². The third kappa shape index (κ3) is 3.05. The number of hydrogen-bond acceptors (Lipinski definition) is 4. The number of pyridine rings is 1. The van der Waals surface area contributed by atoms with Crippen molar-refractivity contribution in [2.45, 2.75) is 25.8 Å². The molecule has 7 heteroatoms. The molecule has 4 heterocycles. The number of nitrogens with zero attached hydrogens (tertiary/aromatic N) is 6. The van der Waals surface area contributed by atoms with E-state index in [-0.39, 0.29) is 11.9 Å². The van der Waals surface area contributed by atoms with E-state index in [1.54, 1.807) is 17.1 Å². The van der Waals surface area contributed by atoms with Crippen molar-refractivity contribution < 1.29 is 4.79 Å². The maximum absolute atomic E-state index is 12.8. The summed E-state index contributed by atoms with van der Waals surface area (Å²) in [5, 5.41) is 4.15. The Bertz CT molecular complexity index is 852. The normalized spacial score (nSPS) is 17.6. The van der Waals surface area contributed by atoms with Gasteiger partial charge < -0.3 is 9.47 Å². The monoisotopic (exact) mass is 336 g/mol. The maximum atomic E-state index is 12.8. The van der Waals surface area contributed by atoms with Crippen molar-refractivity contribution in [3.05, 3.63) is 60.6 Å². The van der Waals surface area contributed by atoms with Crippen LogP contribution in [-0.4, -0.2) is 48.2 Å². The lowest BCUT2D eigenvalue weighted by atomic mass is 10.0. The van der Waals surface area contributed by atoms with Gasteiger partial charge in [-0.1, -0.05) is 0 Å². The Labute approximate surface area is 145 Å². The fourth-order valence-electron chi connectivity index (χ4n) is 3.37. The van der Waals surface area contributed by atoms with Crippen LogP contribution in [0.15, 0.2) is 49.2 Å². The third-order valence-corrected chi connectivity index (χ3v) is 4.67. The maximum Gasteiger partial charge on any atom is 0.255 e. The Hall–Kier alpha value is -2.96. The quantitative estimate of drug-likeness (QED) is 0.736. The minimum Gasteiger partial charge on any atom is -0.337 e. The van der Waals surface area contributed by atoms with Crippen LogP contribution in [0.5, 0.6) is 0 Å². The summed E-state index contributed by atoms with van der Waals surface area (Å²) in [6, 6.07) is 5.77. The van der Waals surface area contributed by atoms with Gasteiger partial charge in [-0.2, -0.15) is 5.10 Å². The van der Waals surface area contributed by atoms with Crippen molar-refractivity contribution in [1.29, 1.82) is 0 Å². The highest BCUT2D eigenvalue weighted by Gasteiger charge is 2.26. The number of piperidine rings is 1. The SMILES string of the molecule is Cc1nccn1[C@H]1CCCN(C(=O)c2ccc(-n3cccn3)nc2)C1. The lowest BCUT2D eigenvalue weighted by Crippen LogP contribution is -2.40. The van der Waals surface area contributed by atoms with E-state index in [1.165, 1.54) is 0 Å². The average Bonchev–Trinajstić information content (AvgIpc) is 3.33. The highest BCUT2D eigenvalue weighted by atomic mass is 16.2. The molecule has 0 bridgehead atoms. The Balaban J connectivity index is 1.49. The van der Waals surface area contributed by atoms with Crippen LogP contribution in [0, 0.1) is 6.92 Å². The van der Waals surface area contributed by atoms with Crippen LogP contribution < -0.4 is 0 Å². The van der Waals surface area contributed by atoms with Gasteiger partial charge in [-0.05, 0) is 38.0 Å². The number of rotatable bonds is 3. The molecule has 0 saturated carbocycles. The molecule has 1 aliphatic rings. The van der Waals surface area contributed by atoms with Crippen LogP contribution in [0.2, 0.25) is 0 Å². The number of aryl methyl sites for hydroxylation is 1. The van der Waals surface area contributed by atoms with Crippen LogP contribution >= 0.6 is 0 Å². The largest absolute Gasteiger partial charge is 0.337 e. The van der Waals surface area contributed by atoms with E-state index in [0.29, 0.717) is 17.9 Å². The highest BCUT2D eigenvalue weighted by Crippen LogP contribution is 2.24. The molecular formula is C18H20N6O. The summed E-state index contributed by atoms with van der Waals surface area (Å²) in [6.45, 7) is 3.49. The zero-order chi connectivity index (χ0) is 17.2. The van der Waals surface area contributed by atoms with Gasteiger partial charge in [0.05, 0.1) is 11.6 Å². The second kappa shape index (κ2) is 6.51. The summed E-state index contributed by atoms with van der Waals surface area (Å²) in [6.07, 6.45) is 11.0. The standard InChI is InChI=1S/C18H20N6O/c1-14-19-8-11-23(14)16-4-2-9-22(13-16)18(25)15-5-6-17(20-12-15)24-10-3-7-21-24/h3,5-8,10-12,16H,2,4,9,13H2,1H3/t16-/m0/s1. The summed E-state index contributed by atoms with van der Waals surface area (Å²) in [7, 11) is 0. The van der Waals surface area contributed by atoms with Gasteiger partial charge in [0.25, 0.3) is 5.91 Å². The Morgan fingerprint density at radius 3 is 2.80 bits per heavy atom. The van der Waals surface area contributed by atoms with E-state index in [0.717, 1.165) is 25.2 Å². The summed E-state index contributed by atoms with van der Waals surface area (Å²) in [5.74, 6) is 1.72. The first kappa shape index (κ1) is 15.6. The zero-order valence-electron chi connectivity index (χ0n) is 14.1. The van der Waals surface area contributed by atoms with Gasteiger partial charge in [0, 0.05) is 44.1 Å². The average molecular weight is 336 g/mol. The number of hydrogen-bond donors (Lipinski definition) is 0. The number of amides is 1. The fourth-order valence-corrected chi connectivity index (χ4v) is 3.37. The van der Waals surface area contributed by atoms with E-state index in [1.807, 2.05) is 48.6 Å². The zero-order valence-corrected chi connectivity index (χ0v) is 14.1. The van der Waals surface area contributed by atoms with Gasteiger partial charge >= 0.3 is 0 Å². The molecule has 25 heavy (non-hydrogen) atoms. The van der Waals surface area contributed by atoms with Crippen LogP contribution in [0.25, 0.3) is 5.82 Å². The molecule has 0 N–H and O–H groups in total. The van der Waals surface area contributed by atoms with Gasteiger partial charge in [-0.3, -0.25) is 4.79 Å². The molecule has 1 fully saturated rings. The molecule has 0 aliphatic carbocycles. The fraction of sp³-hybridized carbons (Fsp3) is 0.333. The molecule has 0 radical (unpaired) electrons. The Kier molecular flexibility index (Phi) is 4.05. The number of carbonyl (C=O) groups is 1. The van der Waals surface area contributed by atoms with Gasteiger partial charge in [0.1, 0.15) is 5.82 Å². The number of carbonyl (C=O) groups excluding carboxylic acids is 1. The number of aromatic nitrogens is 5. The summed E-state index contributed by atoms with van der Waals surface area (Å²) < 4.78 is 3.84. The third-order valence-electron chi connectivity index (χ3n) is 4.67. The smallest absolute Gasteiger partial charge is 0.255 e. The van der Waals surface area contributed by atoms with Crippen molar-refractivity contribution in [2.24, 2.45) is 0 Å². The molecule has 3 aromatic heterocycles. The van der Waals surface area contributed by atoms with E-state index < -0.39 is 0 Å². The second-order valence-electron chi connectivity index (χ2n) is 6.28. The predicted octanol–water partition coefficient (Wildman–Crippen LogP) is 2.25. The van der Waals surface area contributed by atoms with Gasteiger partial charge in [-0.25, -0.2) is 14.6 Å². The van der Waals surface area contributed by atoms with Crippen LogP contribution in [0.1, 0.15) is 35.1 Å². The Morgan fingerprint density at radius 2 is 2.12 bits per heavy atom. The number of imidazole rings is 1. The lowest BCUT2D eigenvalue weighted by Gasteiger charge is -2.34. The van der Waals surface area contributed by atoms with Crippen molar-refractivity contribution in [3.63, 3.8) is 0 Å². The van der Waals surface area contributed by atoms with Crippen molar-refractivity contribution in [2.75, 3.05) is 13.1 Å². The molecule has 1 aliphatic heterocycles. The molecule has 1 atom stereocenters. The van der Waals surface area contributed by atoms with E-state index in [2.05, 4.69) is 19.6 Å². The molecule has 0 unspecified atom stereocenters. The summed E-state index contributed by atoms with van der Waals surface area (Å²) >= 11 is 0. The van der Waals surface area contributed by atoms with Crippen molar-refractivity contribution in [3.8, 4) is 5.82 Å². The minimum atomic E-state index is 0.0296. The van der Waals surface area contributed by atoms with E-state index in [4.69, 9.17) is 0 Å². The molecule has 1 amide bonds. The molecule has 0 aromatic carbocycles. The molecule has 4 rings (SSSR count). The molecule has 128 valence electrons. The predicted molar refractivity (Wildman–Crippen MR) is 92.5 cm³/mol. The van der Waals surface area contributed by atoms with Gasteiger partial charge in [0.15, 0.2) is 5.82 Å². The van der Waals surface area contributed by atoms with Crippen molar-refractivity contribution in [1.82, 2.24) is 29.2 Å². The molecule has 0 spiro atoms. The van der Waals surface area contributed by atoms with Gasteiger partial charge in [-0.15, -0.1) is 0 Å². The first-order valence-electron chi connectivity index (χ1n) is 8.47. The minimum absolute atomic E-state index is 0.0296. The Morgan fingerprint density at radius 1 is 1.20 bits per heavy atom. The van der Waals surface area contributed by atoms with E-state index in [9.17, 15) is 4.79 Å². The summed E-state index contributed by atoms with van der Waals surface area (Å²) in [5.41, 5.74) is 0.610.